The molecule has 1 heterocycles. The van der Waals surface area contributed by atoms with E-state index in [0.717, 1.165) is 12.8 Å². The van der Waals surface area contributed by atoms with E-state index < -0.39 is 17.4 Å². The maximum absolute atomic E-state index is 12.3. The Morgan fingerprint density at radius 1 is 1.38 bits per heavy atom. The molecule has 118 valence electrons. The van der Waals surface area contributed by atoms with Crippen molar-refractivity contribution in [1.29, 1.82) is 0 Å². The van der Waals surface area contributed by atoms with Gasteiger partial charge in [-0.15, -0.1) is 0 Å². The maximum Gasteiger partial charge on any atom is 0.329 e. The summed E-state index contributed by atoms with van der Waals surface area (Å²) in [5.74, 6) is -1.33. The smallest absolute Gasteiger partial charge is 0.329 e. The van der Waals surface area contributed by atoms with E-state index in [1.807, 2.05) is 13.8 Å². The molecule has 0 aromatic rings. The molecule has 21 heavy (non-hydrogen) atoms. The predicted octanol–water partition coefficient (Wildman–Crippen LogP) is 1.00. The molecule has 1 saturated heterocycles. The zero-order valence-electron chi connectivity index (χ0n) is 12.7. The van der Waals surface area contributed by atoms with Crippen LogP contribution in [0.5, 0.6) is 0 Å². The van der Waals surface area contributed by atoms with Gasteiger partial charge in [-0.1, -0.05) is 26.7 Å². The molecular weight excluding hydrogens is 272 g/mol. The van der Waals surface area contributed by atoms with Gasteiger partial charge in [-0.25, -0.2) is 4.79 Å². The number of nitrogens with one attached hydrogen (secondary N) is 1. The second-order valence-electron chi connectivity index (χ2n) is 6.68. The van der Waals surface area contributed by atoms with Crippen LogP contribution in [0.3, 0.4) is 0 Å². The Labute approximate surface area is 124 Å². The molecule has 2 rings (SSSR count). The third kappa shape index (κ3) is 3.36. The minimum absolute atomic E-state index is 0.0142. The van der Waals surface area contributed by atoms with Crippen LogP contribution in [0.25, 0.3) is 0 Å². The molecule has 1 aliphatic heterocycles. The van der Waals surface area contributed by atoms with Crippen LogP contribution in [-0.2, 0) is 14.4 Å². The number of hydrogen-bond donors (Lipinski definition) is 2. The highest BCUT2D eigenvalue weighted by molar-refractivity contribution is 5.92. The summed E-state index contributed by atoms with van der Waals surface area (Å²) >= 11 is 0. The van der Waals surface area contributed by atoms with E-state index in [0.29, 0.717) is 31.8 Å². The standard InChI is InChI=1S/C15H24N2O4/c1-10(2)8-17-9-11(7-12(17)18)13(19)16-15(14(20)21)5-3-4-6-15/h10-11H,3-9H2,1-2H3,(H,16,19)(H,20,21). The molecule has 1 aliphatic carbocycles. The van der Waals surface area contributed by atoms with E-state index in [9.17, 15) is 19.5 Å². The first-order chi connectivity index (χ1) is 9.84. The molecule has 0 spiro atoms. The highest BCUT2D eigenvalue weighted by Crippen LogP contribution is 2.31. The van der Waals surface area contributed by atoms with Gasteiger partial charge in [0, 0.05) is 19.5 Å². The lowest BCUT2D eigenvalue weighted by molar-refractivity contribution is -0.148. The number of nitrogens with zero attached hydrogens (tertiary/aromatic N) is 1. The quantitative estimate of drug-likeness (QED) is 0.792. The van der Waals surface area contributed by atoms with E-state index in [2.05, 4.69) is 5.32 Å². The zero-order valence-corrected chi connectivity index (χ0v) is 12.7. The summed E-state index contributed by atoms with van der Waals surface area (Å²) in [5.41, 5.74) is -1.12. The van der Waals surface area contributed by atoms with Crippen molar-refractivity contribution in [3.8, 4) is 0 Å². The number of amides is 2. The van der Waals surface area contributed by atoms with Crippen LogP contribution in [0.1, 0.15) is 46.0 Å². The van der Waals surface area contributed by atoms with Crippen LogP contribution < -0.4 is 5.32 Å². The van der Waals surface area contributed by atoms with E-state index in [4.69, 9.17) is 0 Å². The third-order valence-corrected chi connectivity index (χ3v) is 4.40. The average Bonchev–Trinajstić information content (AvgIpc) is 2.98. The molecule has 0 bridgehead atoms. The van der Waals surface area contributed by atoms with E-state index in [-0.39, 0.29) is 18.2 Å². The van der Waals surface area contributed by atoms with E-state index in [1.165, 1.54) is 0 Å². The van der Waals surface area contributed by atoms with Crippen LogP contribution in [0.4, 0.5) is 0 Å². The van der Waals surface area contributed by atoms with Crippen LogP contribution >= 0.6 is 0 Å². The lowest BCUT2D eigenvalue weighted by Crippen LogP contribution is -2.54. The van der Waals surface area contributed by atoms with Gasteiger partial charge < -0.3 is 15.3 Å². The normalized spacial score (nSPS) is 24.6. The van der Waals surface area contributed by atoms with Gasteiger partial charge in [-0.3, -0.25) is 9.59 Å². The molecular formula is C15H24N2O4. The van der Waals surface area contributed by atoms with E-state index >= 15 is 0 Å². The van der Waals surface area contributed by atoms with Crippen molar-refractivity contribution in [3.63, 3.8) is 0 Å². The van der Waals surface area contributed by atoms with Gasteiger partial charge in [0.05, 0.1) is 5.92 Å². The van der Waals surface area contributed by atoms with Gasteiger partial charge in [0.15, 0.2) is 0 Å². The summed E-state index contributed by atoms with van der Waals surface area (Å²) in [4.78, 5) is 37.4. The predicted molar refractivity (Wildman–Crippen MR) is 76.5 cm³/mol. The summed E-state index contributed by atoms with van der Waals surface area (Å²) in [5, 5.41) is 12.1. The Kier molecular flexibility index (Phi) is 4.54. The SMILES string of the molecule is CC(C)CN1CC(C(=O)NC2(C(=O)O)CCCC2)CC1=O. The van der Waals surface area contributed by atoms with Crippen molar-refractivity contribution >= 4 is 17.8 Å². The van der Waals surface area contributed by atoms with Crippen molar-refractivity contribution < 1.29 is 19.5 Å². The number of carboxylic acid groups (broad SMARTS) is 1. The van der Waals surface area contributed by atoms with Crippen molar-refractivity contribution in [1.82, 2.24) is 10.2 Å². The molecule has 0 aromatic carbocycles. The highest BCUT2D eigenvalue weighted by Gasteiger charge is 2.45. The summed E-state index contributed by atoms with van der Waals surface area (Å²) in [6, 6.07) is 0. The van der Waals surface area contributed by atoms with Crippen molar-refractivity contribution in [2.45, 2.75) is 51.5 Å². The summed E-state index contributed by atoms with van der Waals surface area (Å²) < 4.78 is 0. The fourth-order valence-corrected chi connectivity index (χ4v) is 3.27. The fourth-order valence-electron chi connectivity index (χ4n) is 3.27. The number of likely N-dealkylation sites (tertiary alicyclic amines) is 1. The summed E-state index contributed by atoms with van der Waals surface area (Å²) in [6.45, 7) is 5.10. The lowest BCUT2D eigenvalue weighted by Gasteiger charge is -2.27. The third-order valence-electron chi connectivity index (χ3n) is 4.40. The molecule has 2 N–H and O–H groups in total. The van der Waals surface area contributed by atoms with Gasteiger partial charge >= 0.3 is 5.97 Å². The molecule has 2 aliphatic rings. The Morgan fingerprint density at radius 3 is 2.52 bits per heavy atom. The molecule has 6 heteroatoms. The Bertz CT molecular complexity index is 441. The monoisotopic (exact) mass is 296 g/mol. The minimum Gasteiger partial charge on any atom is -0.480 e. The first-order valence-electron chi connectivity index (χ1n) is 7.67. The minimum atomic E-state index is -1.12. The summed E-state index contributed by atoms with van der Waals surface area (Å²) in [6.07, 6.45) is 2.77. The first-order valence-corrected chi connectivity index (χ1v) is 7.67. The maximum atomic E-state index is 12.3. The van der Waals surface area contributed by atoms with Crippen molar-refractivity contribution in [2.75, 3.05) is 13.1 Å². The van der Waals surface area contributed by atoms with Crippen LogP contribution in [0.2, 0.25) is 0 Å². The van der Waals surface area contributed by atoms with Gasteiger partial charge in [0.25, 0.3) is 0 Å². The second-order valence-corrected chi connectivity index (χ2v) is 6.68. The highest BCUT2D eigenvalue weighted by atomic mass is 16.4. The zero-order chi connectivity index (χ0) is 15.6. The molecule has 2 fully saturated rings. The molecule has 0 aromatic heterocycles. The first kappa shape index (κ1) is 15.8. The van der Waals surface area contributed by atoms with Crippen molar-refractivity contribution in [2.24, 2.45) is 11.8 Å². The van der Waals surface area contributed by atoms with Gasteiger partial charge in [-0.05, 0) is 18.8 Å². The fraction of sp³-hybridized carbons (Fsp3) is 0.800. The van der Waals surface area contributed by atoms with Crippen LogP contribution in [0.15, 0.2) is 0 Å². The molecule has 1 unspecified atom stereocenters. The van der Waals surface area contributed by atoms with Gasteiger partial charge in [0.1, 0.15) is 5.54 Å². The van der Waals surface area contributed by atoms with Gasteiger partial charge in [0.2, 0.25) is 11.8 Å². The number of rotatable bonds is 5. The Balaban J connectivity index is 1.98. The van der Waals surface area contributed by atoms with Crippen molar-refractivity contribution in [3.05, 3.63) is 0 Å². The number of carboxylic acids is 1. The van der Waals surface area contributed by atoms with E-state index in [1.54, 1.807) is 4.90 Å². The van der Waals surface area contributed by atoms with Crippen LogP contribution in [-0.4, -0.2) is 46.4 Å². The Morgan fingerprint density at radius 2 is 2.00 bits per heavy atom. The summed E-state index contributed by atoms with van der Waals surface area (Å²) in [7, 11) is 0. The largest absolute Gasteiger partial charge is 0.480 e. The molecule has 0 radical (unpaired) electrons. The second kappa shape index (κ2) is 6.03. The van der Waals surface area contributed by atoms with Gasteiger partial charge in [-0.2, -0.15) is 0 Å². The topological polar surface area (TPSA) is 86.7 Å². The molecule has 1 saturated carbocycles. The number of carbonyl (C=O) groups is 3. The number of hydrogen-bond acceptors (Lipinski definition) is 3. The number of carbonyl (C=O) groups excluding carboxylic acids is 2. The lowest BCUT2D eigenvalue weighted by atomic mass is 9.96. The number of aliphatic carboxylic acids is 1. The average molecular weight is 296 g/mol. The molecule has 6 nitrogen and oxygen atoms in total. The Hall–Kier alpha value is -1.59. The van der Waals surface area contributed by atoms with Crippen LogP contribution in [0, 0.1) is 11.8 Å². The molecule has 2 amide bonds. The molecule has 1 atom stereocenters.